The van der Waals surface area contributed by atoms with E-state index < -0.39 is 6.10 Å². The maximum atomic E-state index is 10.4. The number of rotatable bonds is 9. The first-order chi connectivity index (χ1) is 18.8. The second kappa shape index (κ2) is 11.9. The number of fused-ring (bicyclic) bond motifs is 1. The van der Waals surface area contributed by atoms with Gasteiger partial charge in [-0.05, 0) is 92.4 Å². The fourth-order valence-electron chi connectivity index (χ4n) is 5.32. The zero-order valence-corrected chi connectivity index (χ0v) is 23.5. The lowest BCUT2D eigenvalue weighted by molar-refractivity contribution is -0.160. The molecule has 3 aromatic rings. The van der Waals surface area contributed by atoms with E-state index in [1.54, 1.807) is 36.4 Å². The summed E-state index contributed by atoms with van der Waals surface area (Å²) in [6.45, 7) is 9.40. The first-order valence-electron chi connectivity index (χ1n) is 13.2. The average Bonchev–Trinajstić information content (AvgIpc) is 3.38. The first-order valence-corrected chi connectivity index (χ1v) is 14.0. The van der Waals surface area contributed by atoms with Gasteiger partial charge in [-0.2, -0.15) is 4.33 Å². The lowest BCUT2D eigenvalue weighted by Crippen LogP contribution is -2.35. The standard InChI is InChI=1S/C31H35NO6S/c1-19-13-14-32(17-19)20(2)18-36-25-9-5-22(6-10-25)31-30(21(3)26-15-23(33)7-11-28(26)37-31)27-16-24(34)8-12-29(27)39-38-35-4/h5-12,15-16,19-20,31,33-34H,13-14,17-18H2,1-4H3. The Morgan fingerprint density at radius 2 is 1.74 bits per heavy atom. The average molecular weight is 550 g/mol. The smallest absolute Gasteiger partial charge is 0.150 e. The van der Waals surface area contributed by atoms with Gasteiger partial charge < -0.3 is 19.7 Å². The van der Waals surface area contributed by atoms with Crippen molar-refractivity contribution in [2.45, 2.75) is 44.2 Å². The maximum Gasteiger partial charge on any atom is 0.150 e. The number of likely N-dealkylation sites (tertiary alicyclic amines) is 1. The van der Waals surface area contributed by atoms with Crippen molar-refractivity contribution in [3.8, 4) is 23.0 Å². The second-order valence-electron chi connectivity index (χ2n) is 10.3. The molecule has 3 unspecified atom stereocenters. The van der Waals surface area contributed by atoms with E-state index in [-0.39, 0.29) is 11.5 Å². The van der Waals surface area contributed by atoms with E-state index in [0.29, 0.717) is 18.4 Å². The van der Waals surface area contributed by atoms with Crippen LogP contribution in [0, 0.1) is 5.92 Å². The number of aromatic hydroxyl groups is 2. The molecule has 0 bridgehead atoms. The Hall–Kier alpha value is -3.17. The van der Waals surface area contributed by atoms with Gasteiger partial charge in [-0.3, -0.25) is 4.90 Å². The van der Waals surface area contributed by atoms with Crippen LogP contribution in [-0.2, 0) is 9.22 Å². The van der Waals surface area contributed by atoms with Crippen LogP contribution in [0.1, 0.15) is 50.0 Å². The molecule has 0 aromatic heterocycles. The minimum atomic E-state index is -0.468. The number of hydrogen-bond acceptors (Lipinski definition) is 8. The molecule has 3 atom stereocenters. The van der Waals surface area contributed by atoms with Gasteiger partial charge in [0.1, 0.15) is 35.7 Å². The van der Waals surface area contributed by atoms with E-state index >= 15 is 0 Å². The number of phenols is 2. The van der Waals surface area contributed by atoms with Gasteiger partial charge in [0, 0.05) is 34.2 Å². The molecule has 2 heterocycles. The van der Waals surface area contributed by atoms with Gasteiger partial charge in [-0.1, -0.05) is 19.1 Å². The van der Waals surface area contributed by atoms with Crippen molar-refractivity contribution in [2.24, 2.45) is 5.92 Å². The summed E-state index contributed by atoms with van der Waals surface area (Å²) in [5.41, 5.74) is 4.26. The predicted molar refractivity (Wildman–Crippen MR) is 153 cm³/mol. The Morgan fingerprint density at radius 1 is 1.03 bits per heavy atom. The number of phenolic OH excluding ortho intramolecular Hbond substituents is 2. The molecule has 39 heavy (non-hydrogen) atoms. The van der Waals surface area contributed by atoms with Gasteiger partial charge in [0.15, 0.2) is 0 Å². The molecule has 0 saturated carbocycles. The van der Waals surface area contributed by atoms with E-state index in [9.17, 15) is 10.2 Å². The quantitative estimate of drug-likeness (QED) is 0.170. The van der Waals surface area contributed by atoms with Crippen LogP contribution in [0.3, 0.4) is 0 Å². The summed E-state index contributed by atoms with van der Waals surface area (Å²) in [7, 11) is 1.44. The highest BCUT2D eigenvalue weighted by Crippen LogP contribution is 2.49. The van der Waals surface area contributed by atoms with Gasteiger partial charge in [0.05, 0.1) is 19.2 Å². The number of hydrogen-bond donors (Lipinski definition) is 2. The minimum Gasteiger partial charge on any atom is -0.508 e. The Labute approximate surface area is 234 Å². The van der Waals surface area contributed by atoms with Gasteiger partial charge in [-0.25, -0.2) is 4.89 Å². The Morgan fingerprint density at radius 3 is 2.44 bits per heavy atom. The topological polar surface area (TPSA) is 80.6 Å². The van der Waals surface area contributed by atoms with Gasteiger partial charge in [0.2, 0.25) is 0 Å². The van der Waals surface area contributed by atoms with Gasteiger partial charge in [0.25, 0.3) is 0 Å². The number of ether oxygens (including phenoxy) is 2. The molecule has 0 aliphatic carbocycles. The highest BCUT2D eigenvalue weighted by molar-refractivity contribution is 7.94. The van der Waals surface area contributed by atoms with E-state index in [0.717, 1.165) is 69.5 Å². The molecule has 3 aromatic carbocycles. The zero-order chi connectivity index (χ0) is 27.5. The lowest BCUT2D eigenvalue weighted by atomic mass is 9.86. The molecule has 0 spiro atoms. The minimum absolute atomic E-state index is 0.123. The molecule has 1 fully saturated rings. The van der Waals surface area contributed by atoms with Crippen molar-refractivity contribution >= 4 is 23.2 Å². The largest absolute Gasteiger partial charge is 0.508 e. The predicted octanol–water partition coefficient (Wildman–Crippen LogP) is 6.86. The molecule has 2 N–H and O–H groups in total. The Bertz CT molecular complexity index is 1340. The second-order valence-corrected chi connectivity index (χ2v) is 11.1. The van der Waals surface area contributed by atoms with E-state index in [4.69, 9.17) is 18.7 Å². The third-order valence-corrected chi connectivity index (χ3v) is 8.22. The van der Waals surface area contributed by atoms with Crippen LogP contribution in [0.15, 0.2) is 65.6 Å². The molecule has 0 radical (unpaired) electrons. The molecule has 206 valence electrons. The fourth-order valence-corrected chi connectivity index (χ4v) is 5.85. The van der Waals surface area contributed by atoms with E-state index in [1.807, 2.05) is 31.2 Å². The molecule has 0 amide bonds. The van der Waals surface area contributed by atoms with E-state index in [1.165, 1.54) is 13.5 Å². The number of nitrogens with zero attached hydrogens (tertiary/aromatic N) is 1. The van der Waals surface area contributed by atoms with Crippen molar-refractivity contribution in [3.63, 3.8) is 0 Å². The van der Waals surface area contributed by atoms with Crippen LogP contribution >= 0.6 is 12.0 Å². The van der Waals surface area contributed by atoms with Crippen molar-refractivity contribution in [2.75, 3.05) is 26.8 Å². The van der Waals surface area contributed by atoms with Gasteiger partial charge in [-0.15, -0.1) is 0 Å². The summed E-state index contributed by atoms with van der Waals surface area (Å²) in [4.78, 5) is 8.07. The SMILES string of the molecule is COOSc1ccc(O)cc1C1=C(C)c2cc(O)ccc2OC1c1ccc(OCC(C)N2CCC(C)C2)cc1. The molecule has 7 nitrogen and oxygen atoms in total. The lowest BCUT2D eigenvalue weighted by Gasteiger charge is -2.32. The zero-order valence-electron chi connectivity index (χ0n) is 22.7. The molecular formula is C31H35NO6S. The van der Waals surface area contributed by atoms with Crippen LogP contribution in [0.5, 0.6) is 23.0 Å². The first kappa shape index (κ1) is 27.4. The summed E-state index contributed by atoms with van der Waals surface area (Å²) in [6, 6.07) is 18.5. The highest BCUT2D eigenvalue weighted by atomic mass is 32.2. The third-order valence-electron chi connectivity index (χ3n) is 7.48. The summed E-state index contributed by atoms with van der Waals surface area (Å²) < 4.78 is 17.9. The number of benzene rings is 3. The summed E-state index contributed by atoms with van der Waals surface area (Å²) in [5.74, 6) is 2.51. The van der Waals surface area contributed by atoms with Crippen LogP contribution in [0.2, 0.25) is 0 Å². The molecule has 2 aliphatic heterocycles. The highest BCUT2D eigenvalue weighted by Gasteiger charge is 2.31. The van der Waals surface area contributed by atoms with E-state index in [2.05, 4.69) is 18.7 Å². The molecule has 8 heteroatoms. The normalized spacial score (nSPS) is 20.0. The summed E-state index contributed by atoms with van der Waals surface area (Å²) in [6.07, 6.45) is 0.778. The fraction of sp³-hybridized carbons (Fsp3) is 0.355. The number of allylic oxidation sites excluding steroid dienone is 1. The van der Waals surface area contributed by atoms with Crippen molar-refractivity contribution < 1.29 is 28.9 Å². The summed E-state index contributed by atoms with van der Waals surface area (Å²) in [5, 5.41) is 20.6. The van der Waals surface area contributed by atoms with Crippen LogP contribution in [0.25, 0.3) is 11.1 Å². The molecule has 2 aliphatic rings. The Balaban J connectivity index is 1.46. The van der Waals surface area contributed by atoms with Crippen LogP contribution in [0.4, 0.5) is 0 Å². The monoisotopic (exact) mass is 549 g/mol. The third kappa shape index (κ3) is 6.04. The molecular weight excluding hydrogens is 514 g/mol. The summed E-state index contributed by atoms with van der Waals surface area (Å²) >= 11 is 1.06. The van der Waals surface area contributed by atoms with Crippen molar-refractivity contribution in [1.29, 1.82) is 0 Å². The molecule has 5 rings (SSSR count). The van der Waals surface area contributed by atoms with Crippen molar-refractivity contribution in [3.05, 3.63) is 77.4 Å². The van der Waals surface area contributed by atoms with Gasteiger partial charge >= 0.3 is 0 Å². The van der Waals surface area contributed by atoms with Crippen molar-refractivity contribution in [1.82, 2.24) is 4.90 Å². The maximum absolute atomic E-state index is 10.4. The Kier molecular flexibility index (Phi) is 8.37. The van der Waals surface area contributed by atoms with Crippen LogP contribution < -0.4 is 9.47 Å². The molecule has 1 saturated heterocycles. The van der Waals surface area contributed by atoms with Crippen LogP contribution in [-0.4, -0.2) is 48.0 Å².